The van der Waals surface area contributed by atoms with Crippen molar-refractivity contribution in [3.63, 3.8) is 0 Å². The highest BCUT2D eigenvalue weighted by Gasteiger charge is 2.15. The van der Waals surface area contributed by atoms with Crippen molar-refractivity contribution in [3.8, 4) is 11.4 Å². The van der Waals surface area contributed by atoms with Crippen LogP contribution in [0.2, 0.25) is 5.02 Å². The van der Waals surface area contributed by atoms with E-state index in [-0.39, 0.29) is 11.2 Å². The van der Waals surface area contributed by atoms with E-state index < -0.39 is 4.92 Å². The molecule has 0 spiro atoms. The van der Waals surface area contributed by atoms with Gasteiger partial charge in [0.15, 0.2) is 5.82 Å². The number of nitro benzene ring substituents is 1. The first-order chi connectivity index (χ1) is 9.56. The Balaban J connectivity index is 2.20. The molecule has 0 aliphatic rings. The van der Waals surface area contributed by atoms with E-state index in [9.17, 15) is 15.3 Å². The van der Waals surface area contributed by atoms with Crippen LogP contribution in [0.3, 0.4) is 0 Å². The van der Waals surface area contributed by atoms with Crippen molar-refractivity contribution in [2.24, 2.45) is 0 Å². The van der Waals surface area contributed by atoms with Gasteiger partial charge >= 0.3 is 0 Å². The van der Waals surface area contributed by atoms with Gasteiger partial charge in [-0.15, -0.1) is 0 Å². The van der Waals surface area contributed by atoms with Crippen LogP contribution in [0.15, 0.2) is 42.5 Å². The molecule has 20 heavy (non-hydrogen) atoms. The summed E-state index contributed by atoms with van der Waals surface area (Å²) in [4.78, 5) is 14.5. The molecule has 3 rings (SSSR count). The SMILES string of the molecule is O=[N+]([O-])c1ccc2nc(-c3ccc(Cl)cc3)n(O)c2c1. The van der Waals surface area contributed by atoms with Gasteiger partial charge in [-0.2, -0.15) is 4.73 Å². The lowest BCUT2D eigenvalue weighted by Gasteiger charge is -2.00. The fourth-order valence-corrected chi connectivity index (χ4v) is 2.08. The molecule has 0 bridgehead atoms. The Bertz CT molecular complexity index is 812. The van der Waals surface area contributed by atoms with E-state index >= 15 is 0 Å². The molecule has 0 amide bonds. The third-order valence-corrected chi connectivity index (χ3v) is 3.18. The molecule has 0 atom stereocenters. The lowest BCUT2D eigenvalue weighted by molar-refractivity contribution is -0.384. The average Bonchev–Trinajstić information content (AvgIpc) is 2.76. The van der Waals surface area contributed by atoms with E-state index in [1.165, 1.54) is 18.2 Å². The maximum absolute atomic E-state index is 10.7. The van der Waals surface area contributed by atoms with E-state index in [0.717, 1.165) is 4.73 Å². The molecular weight excluding hydrogens is 282 g/mol. The lowest BCUT2D eigenvalue weighted by atomic mass is 10.2. The summed E-state index contributed by atoms with van der Waals surface area (Å²) in [7, 11) is 0. The molecule has 1 heterocycles. The second kappa shape index (κ2) is 4.50. The molecule has 1 aromatic heterocycles. The minimum atomic E-state index is -0.519. The van der Waals surface area contributed by atoms with Crippen LogP contribution >= 0.6 is 11.6 Å². The Labute approximate surface area is 118 Å². The highest BCUT2D eigenvalue weighted by molar-refractivity contribution is 6.30. The Kier molecular flexibility index (Phi) is 2.80. The number of nitro groups is 1. The molecule has 0 aliphatic heterocycles. The van der Waals surface area contributed by atoms with Crippen LogP contribution in [0.1, 0.15) is 0 Å². The minimum absolute atomic E-state index is 0.102. The van der Waals surface area contributed by atoms with Gasteiger partial charge in [-0.25, -0.2) is 4.98 Å². The number of fused-ring (bicyclic) bond motifs is 1. The molecule has 2 aromatic carbocycles. The number of rotatable bonds is 2. The quantitative estimate of drug-likeness (QED) is 0.445. The molecule has 0 fully saturated rings. The molecule has 0 radical (unpaired) electrons. The molecule has 0 aliphatic carbocycles. The molecule has 3 aromatic rings. The molecule has 0 saturated heterocycles. The van der Waals surface area contributed by atoms with Gasteiger partial charge in [-0.1, -0.05) is 11.6 Å². The number of hydrogen-bond acceptors (Lipinski definition) is 4. The van der Waals surface area contributed by atoms with Crippen LogP contribution < -0.4 is 0 Å². The minimum Gasteiger partial charge on any atom is -0.426 e. The zero-order chi connectivity index (χ0) is 14.3. The van der Waals surface area contributed by atoms with Crippen molar-refractivity contribution in [2.75, 3.05) is 0 Å². The maximum Gasteiger partial charge on any atom is 0.271 e. The summed E-state index contributed by atoms with van der Waals surface area (Å²) in [5.74, 6) is 0.303. The summed E-state index contributed by atoms with van der Waals surface area (Å²) in [6, 6.07) is 10.9. The summed E-state index contributed by atoms with van der Waals surface area (Å²) in [6.45, 7) is 0. The monoisotopic (exact) mass is 289 g/mol. The van der Waals surface area contributed by atoms with Crippen molar-refractivity contribution in [1.82, 2.24) is 9.71 Å². The Morgan fingerprint density at radius 2 is 1.90 bits per heavy atom. The fraction of sp³-hybridized carbons (Fsp3) is 0. The number of non-ortho nitro benzene ring substituents is 1. The third-order valence-electron chi connectivity index (χ3n) is 2.93. The van der Waals surface area contributed by atoms with Crippen LogP contribution in [-0.4, -0.2) is 19.8 Å². The molecular formula is C13H8ClN3O3. The first kappa shape index (κ1) is 12.4. The largest absolute Gasteiger partial charge is 0.426 e. The summed E-state index contributed by atoms with van der Waals surface area (Å²) in [5.41, 5.74) is 1.32. The van der Waals surface area contributed by atoms with E-state index in [2.05, 4.69) is 4.98 Å². The third kappa shape index (κ3) is 1.96. The maximum atomic E-state index is 10.7. The van der Waals surface area contributed by atoms with Crippen molar-refractivity contribution in [3.05, 3.63) is 57.6 Å². The van der Waals surface area contributed by atoms with Gasteiger partial charge in [0, 0.05) is 22.7 Å². The zero-order valence-corrected chi connectivity index (χ0v) is 10.8. The topological polar surface area (TPSA) is 81.2 Å². The highest BCUT2D eigenvalue weighted by Crippen LogP contribution is 2.27. The smallest absolute Gasteiger partial charge is 0.271 e. The van der Waals surface area contributed by atoms with Gasteiger partial charge in [0.25, 0.3) is 5.69 Å². The van der Waals surface area contributed by atoms with Crippen LogP contribution in [0.25, 0.3) is 22.4 Å². The van der Waals surface area contributed by atoms with Gasteiger partial charge in [0.1, 0.15) is 5.52 Å². The number of imidazole rings is 1. The Morgan fingerprint density at radius 1 is 1.20 bits per heavy atom. The molecule has 100 valence electrons. The van der Waals surface area contributed by atoms with Gasteiger partial charge < -0.3 is 5.21 Å². The zero-order valence-electron chi connectivity index (χ0n) is 10.0. The Morgan fingerprint density at radius 3 is 2.55 bits per heavy atom. The van der Waals surface area contributed by atoms with Crippen LogP contribution in [0.5, 0.6) is 0 Å². The lowest BCUT2D eigenvalue weighted by Crippen LogP contribution is -1.94. The van der Waals surface area contributed by atoms with Crippen LogP contribution in [-0.2, 0) is 0 Å². The van der Waals surface area contributed by atoms with Crippen molar-refractivity contribution < 1.29 is 10.1 Å². The highest BCUT2D eigenvalue weighted by atomic mass is 35.5. The van der Waals surface area contributed by atoms with Crippen molar-refractivity contribution >= 4 is 28.3 Å². The number of hydrogen-bond donors (Lipinski definition) is 1. The summed E-state index contributed by atoms with van der Waals surface area (Å²) in [6.07, 6.45) is 0. The van der Waals surface area contributed by atoms with E-state index in [4.69, 9.17) is 11.6 Å². The van der Waals surface area contributed by atoms with Crippen molar-refractivity contribution in [2.45, 2.75) is 0 Å². The molecule has 7 heteroatoms. The average molecular weight is 290 g/mol. The van der Waals surface area contributed by atoms with Crippen molar-refractivity contribution in [1.29, 1.82) is 0 Å². The van der Waals surface area contributed by atoms with Crippen LogP contribution in [0.4, 0.5) is 5.69 Å². The molecule has 6 nitrogen and oxygen atoms in total. The standard InChI is InChI=1S/C13H8ClN3O3/c14-9-3-1-8(2-4-9)13-15-11-6-5-10(17(19)20)7-12(11)16(13)18/h1-7,18H. The predicted molar refractivity (Wildman–Crippen MR) is 74.0 cm³/mol. The second-order valence-electron chi connectivity index (χ2n) is 4.18. The molecule has 0 unspecified atom stereocenters. The van der Waals surface area contributed by atoms with Crippen LogP contribution in [0, 0.1) is 10.1 Å². The van der Waals surface area contributed by atoms with Gasteiger partial charge in [-0.05, 0) is 30.3 Å². The Hall–Kier alpha value is -2.60. The molecule has 0 saturated carbocycles. The summed E-state index contributed by atoms with van der Waals surface area (Å²) in [5, 5.41) is 21.4. The first-order valence-corrected chi connectivity index (χ1v) is 6.06. The molecule has 1 N–H and O–H groups in total. The predicted octanol–water partition coefficient (Wildman–Crippen LogP) is 3.50. The van der Waals surface area contributed by atoms with E-state index in [0.29, 0.717) is 21.9 Å². The summed E-state index contributed by atoms with van der Waals surface area (Å²) >= 11 is 5.81. The second-order valence-corrected chi connectivity index (χ2v) is 4.62. The number of benzene rings is 2. The fourth-order valence-electron chi connectivity index (χ4n) is 1.95. The van der Waals surface area contributed by atoms with Gasteiger partial charge in [0.05, 0.1) is 10.4 Å². The van der Waals surface area contributed by atoms with Gasteiger partial charge in [-0.3, -0.25) is 10.1 Å². The van der Waals surface area contributed by atoms with Gasteiger partial charge in [0.2, 0.25) is 0 Å². The number of nitrogens with zero attached hydrogens (tertiary/aromatic N) is 3. The normalized spacial score (nSPS) is 10.8. The summed E-state index contributed by atoms with van der Waals surface area (Å²) < 4.78 is 0.839. The first-order valence-electron chi connectivity index (χ1n) is 5.68. The number of aromatic nitrogens is 2. The van der Waals surface area contributed by atoms with E-state index in [1.54, 1.807) is 24.3 Å². The van der Waals surface area contributed by atoms with E-state index in [1.807, 2.05) is 0 Å². The number of halogens is 1.